The first-order valence-electron chi connectivity index (χ1n) is 11.1. The lowest BCUT2D eigenvalue weighted by Crippen LogP contribution is -2.20. The third-order valence-electron chi connectivity index (χ3n) is 5.59. The van der Waals surface area contributed by atoms with E-state index in [9.17, 15) is 4.79 Å². The van der Waals surface area contributed by atoms with Gasteiger partial charge in [-0.15, -0.1) is 10.2 Å². The zero-order valence-electron chi connectivity index (χ0n) is 18.7. The van der Waals surface area contributed by atoms with Gasteiger partial charge in [0.25, 0.3) is 5.91 Å². The Morgan fingerprint density at radius 2 is 1.59 bits per heavy atom. The Hall–Kier alpha value is -3.97. The molecule has 34 heavy (non-hydrogen) atoms. The topological polar surface area (TPSA) is 72.2 Å². The van der Waals surface area contributed by atoms with Crippen LogP contribution in [0.1, 0.15) is 12.5 Å². The highest BCUT2D eigenvalue weighted by Crippen LogP contribution is 2.27. The molecule has 0 unspecified atom stereocenters. The van der Waals surface area contributed by atoms with Crippen molar-refractivity contribution in [3.8, 4) is 11.4 Å². The maximum atomic E-state index is 12.5. The van der Waals surface area contributed by atoms with E-state index < -0.39 is 0 Å². The van der Waals surface area contributed by atoms with Crippen LogP contribution in [0.3, 0.4) is 0 Å². The number of fused-ring (bicyclic) bond motifs is 2. The number of thioether (sulfide) groups is 1. The SMILES string of the molecule is CCn1c(SCC(=O)N/N=C/c2c3ccccc3cc3ccccc23)nnc1-c1ccccc1. The number of carbonyl (C=O) groups excluding carboxylic acids is 1. The molecule has 6 nitrogen and oxygen atoms in total. The monoisotopic (exact) mass is 465 g/mol. The molecule has 7 heteroatoms. The normalized spacial score (nSPS) is 11.4. The second kappa shape index (κ2) is 9.89. The van der Waals surface area contributed by atoms with Crippen molar-refractivity contribution in [1.29, 1.82) is 0 Å². The molecular weight excluding hydrogens is 442 g/mol. The number of amides is 1. The van der Waals surface area contributed by atoms with Crippen LogP contribution in [0.4, 0.5) is 0 Å². The molecule has 0 aliphatic carbocycles. The fourth-order valence-electron chi connectivity index (χ4n) is 4.00. The lowest BCUT2D eigenvalue weighted by Gasteiger charge is -2.08. The smallest absolute Gasteiger partial charge is 0.250 e. The van der Waals surface area contributed by atoms with Crippen LogP contribution in [0.25, 0.3) is 32.9 Å². The van der Waals surface area contributed by atoms with Gasteiger partial charge < -0.3 is 4.57 Å². The summed E-state index contributed by atoms with van der Waals surface area (Å²) in [6, 6.07) is 28.5. The van der Waals surface area contributed by atoms with Crippen LogP contribution in [0.5, 0.6) is 0 Å². The predicted octanol–water partition coefficient (Wildman–Crippen LogP) is 5.51. The van der Waals surface area contributed by atoms with Gasteiger partial charge >= 0.3 is 0 Å². The molecule has 0 spiro atoms. The molecule has 0 saturated heterocycles. The molecule has 0 bridgehead atoms. The zero-order valence-corrected chi connectivity index (χ0v) is 19.5. The van der Waals surface area contributed by atoms with Gasteiger partial charge in [-0.2, -0.15) is 5.10 Å². The summed E-state index contributed by atoms with van der Waals surface area (Å²) in [5.41, 5.74) is 4.65. The van der Waals surface area contributed by atoms with E-state index in [0.717, 1.165) is 38.5 Å². The highest BCUT2D eigenvalue weighted by molar-refractivity contribution is 7.99. The van der Waals surface area contributed by atoms with E-state index in [1.54, 1.807) is 6.21 Å². The van der Waals surface area contributed by atoms with Gasteiger partial charge in [-0.1, -0.05) is 90.6 Å². The molecule has 1 heterocycles. The van der Waals surface area contributed by atoms with Gasteiger partial charge in [0.05, 0.1) is 12.0 Å². The van der Waals surface area contributed by atoms with Crippen LogP contribution < -0.4 is 5.43 Å². The summed E-state index contributed by atoms with van der Waals surface area (Å²) >= 11 is 1.35. The number of hydrazone groups is 1. The number of hydrogen-bond acceptors (Lipinski definition) is 5. The highest BCUT2D eigenvalue weighted by Gasteiger charge is 2.14. The van der Waals surface area contributed by atoms with E-state index in [1.165, 1.54) is 11.8 Å². The van der Waals surface area contributed by atoms with Gasteiger partial charge in [-0.05, 0) is 34.5 Å². The van der Waals surface area contributed by atoms with Gasteiger partial charge in [0, 0.05) is 17.7 Å². The van der Waals surface area contributed by atoms with E-state index >= 15 is 0 Å². The molecule has 5 rings (SSSR count). The lowest BCUT2D eigenvalue weighted by atomic mass is 9.97. The Morgan fingerprint density at radius 1 is 0.941 bits per heavy atom. The number of benzene rings is 4. The van der Waals surface area contributed by atoms with Crippen molar-refractivity contribution < 1.29 is 4.79 Å². The van der Waals surface area contributed by atoms with E-state index in [1.807, 2.05) is 66.1 Å². The summed E-state index contributed by atoms with van der Waals surface area (Å²) in [6.45, 7) is 2.76. The molecule has 0 radical (unpaired) electrons. The number of aromatic nitrogens is 3. The average Bonchev–Trinajstić information content (AvgIpc) is 3.30. The van der Waals surface area contributed by atoms with E-state index in [4.69, 9.17) is 0 Å². The molecule has 0 aliphatic rings. The molecule has 168 valence electrons. The van der Waals surface area contributed by atoms with Crippen molar-refractivity contribution in [2.75, 3.05) is 5.75 Å². The summed E-state index contributed by atoms with van der Waals surface area (Å²) in [5.74, 6) is 0.796. The maximum Gasteiger partial charge on any atom is 0.250 e. The molecule has 1 N–H and O–H groups in total. The average molecular weight is 466 g/mol. The lowest BCUT2D eigenvalue weighted by molar-refractivity contribution is -0.118. The van der Waals surface area contributed by atoms with Gasteiger partial charge in [0.15, 0.2) is 11.0 Å². The Kier molecular flexibility index (Phi) is 6.35. The first kappa shape index (κ1) is 21.9. The largest absolute Gasteiger partial charge is 0.302 e. The fourth-order valence-corrected chi connectivity index (χ4v) is 4.80. The van der Waals surface area contributed by atoms with Crippen molar-refractivity contribution in [2.24, 2.45) is 5.10 Å². The highest BCUT2D eigenvalue weighted by atomic mass is 32.2. The third-order valence-corrected chi connectivity index (χ3v) is 6.56. The van der Waals surface area contributed by atoms with Gasteiger partial charge in [0.2, 0.25) is 0 Å². The third kappa shape index (κ3) is 4.43. The number of nitrogens with zero attached hydrogens (tertiary/aromatic N) is 4. The predicted molar refractivity (Wildman–Crippen MR) is 139 cm³/mol. The van der Waals surface area contributed by atoms with Crippen LogP contribution in [-0.2, 0) is 11.3 Å². The van der Waals surface area contributed by atoms with Crippen molar-refractivity contribution in [2.45, 2.75) is 18.6 Å². The maximum absolute atomic E-state index is 12.5. The van der Waals surface area contributed by atoms with Crippen LogP contribution in [-0.4, -0.2) is 32.6 Å². The number of nitrogens with one attached hydrogen (secondary N) is 1. The Balaban J connectivity index is 1.30. The van der Waals surface area contributed by atoms with Crippen molar-refractivity contribution in [1.82, 2.24) is 20.2 Å². The summed E-state index contributed by atoms with van der Waals surface area (Å²) < 4.78 is 2.01. The Morgan fingerprint density at radius 3 is 2.26 bits per heavy atom. The molecule has 0 atom stereocenters. The molecule has 1 amide bonds. The standard InChI is InChI=1S/C27H23N5OS/c1-2-32-26(19-10-4-3-5-11-19)30-31-27(32)34-18-25(33)29-28-17-24-22-14-8-6-12-20(22)16-21-13-7-9-15-23(21)24/h3-17H,2,18H2,1H3,(H,29,33)/b28-17+. The minimum atomic E-state index is -0.197. The van der Waals surface area contributed by atoms with E-state index in [-0.39, 0.29) is 11.7 Å². The van der Waals surface area contributed by atoms with Gasteiger partial charge in [-0.3, -0.25) is 4.79 Å². The van der Waals surface area contributed by atoms with Gasteiger partial charge in [0.1, 0.15) is 0 Å². The van der Waals surface area contributed by atoms with Crippen molar-refractivity contribution >= 4 is 45.4 Å². The van der Waals surface area contributed by atoms with Crippen molar-refractivity contribution in [3.05, 3.63) is 90.5 Å². The van der Waals surface area contributed by atoms with Crippen LogP contribution in [0, 0.1) is 0 Å². The minimum absolute atomic E-state index is 0.195. The minimum Gasteiger partial charge on any atom is -0.302 e. The van der Waals surface area contributed by atoms with E-state index in [0.29, 0.717) is 11.7 Å². The Bertz CT molecular complexity index is 1440. The molecule has 0 saturated carbocycles. The molecule has 4 aromatic carbocycles. The Labute approximate surface area is 201 Å². The molecule has 5 aromatic rings. The molecule has 0 fully saturated rings. The van der Waals surface area contributed by atoms with Crippen molar-refractivity contribution in [3.63, 3.8) is 0 Å². The summed E-state index contributed by atoms with van der Waals surface area (Å²) in [6.07, 6.45) is 1.73. The second-order valence-corrected chi connectivity index (χ2v) is 8.67. The van der Waals surface area contributed by atoms with Crippen LogP contribution in [0.2, 0.25) is 0 Å². The fraction of sp³-hybridized carbons (Fsp3) is 0.111. The first-order chi connectivity index (χ1) is 16.7. The quantitative estimate of drug-likeness (QED) is 0.149. The van der Waals surface area contributed by atoms with Crippen LogP contribution in [0.15, 0.2) is 95.2 Å². The van der Waals surface area contributed by atoms with E-state index in [2.05, 4.69) is 51.1 Å². The summed E-state index contributed by atoms with van der Waals surface area (Å²) in [4.78, 5) is 12.5. The van der Waals surface area contributed by atoms with Crippen LogP contribution >= 0.6 is 11.8 Å². The number of carbonyl (C=O) groups is 1. The first-order valence-corrected chi connectivity index (χ1v) is 12.1. The summed E-state index contributed by atoms with van der Waals surface area (Å²) in [7, 11) is 0. The van der Waals surface area contributed by atoms with Gasteiger partial charge in [-0.25, -0.2) is 5.43 Å². The molecule has 1 aromatic heterocycles. The molecular formula is C27H23N5OS. The number of hydrogen-bond donors (Lipinski definition) is 1. The second-order valence-electron chi connectivity index (χ2n) is 7.73. The molecule has 0 aliphatic heterocycles. The number of rotatable bonds is 7. The zero-order chi connectivity index (χ0) is 23.3. The summed E-state index contributed by atoms with van der Waals surface area (Å²) in [5, 5.41) is 18.1.